The molecule has 1 aromatic heterocycles. The van der Waals surface area contributed by atoms with E-state index >= 15 is 0 Å². The molecule has 2 aliphatic rings. The van der Waals surface area contributed by atoms with E-state index in [-0.39, 0.29) is 5.82 Å². The van der Waals surface area contributed by atoms with Gasteiger partial charge in [0.25, 0.3) is 0 Å². The third-order valence-electron chi connectivity index (χ3n) is 6.45. The van der Waals surface area contributed by atoms with Crippen molar-refractivity contribution in [2.75, 3.05) is 5.32 Å². The van der Waals surface area contributed by atoms with Crippen molar-refractivity contribution in [3.63, 3.8) is 0 Å². The number of anilines is 1. The van der Waals surface area contributed by atoms with Gasteiger partial charge in [-0.2, -0.15) is 15.0 Å². The lowest BCUT2D eigenvalue weighted by Gasteiger charge is -2.55. The van der Waals surface area contributed by atoms with Gasteiger partial charge < -0.3 is 10.4 Å². The van der Waals surface area contributed by atoms with Crippen LogP contribution in [0.2, 0.25) is 0 Å². The summed E-state index contributed by atoms with van der Waals surface area (Å²) < 4.78 is 14.9. The third-order valence-corrected chi connectivity index (χ3v) is 6.45. The summed E-state index contributed by atoms with van der Waals surface area (Å²) in [4.78, 5) is 1.46. The number of benzene rings is 1. The van der Waals surface area contributed by atoms with Crippen LogP contribution in [0.3, 0.4) is 0 Å². The van der Waals surface area contributed by atoms with Crippen LogP contribution in [0.25, 0.3) is 11.3 Å². The van der Waals surface area contributed by atoms with Crippen LogP contribution in [-0.2, 0) is 12.5 Å². The summed E-state index contributed by atoms with van der Waals surface area (Å²) in [7, 11) is 1.73. The maximum Gasteiger partial charge on any atom is 0.134 e. The third kappa shape index (κ3) is 1.97. The molecule has 2 atom stereocenters. The van der Waals surface area contributed by atoms with Crippen molar-refractivity contribution in [2.45, 2.75) is 63.5 Å². The van der Waals surface area contributed by atoms with Crippen LogP contribution in [-0.4, -0.2) is 31.2 Å². The minimum absolute atomic E-state index is 0.322. The summed E-state index contributed by atoms with van der Waals surface area (Å²) in [5.74, 6) is -0.322. The first-order chi connectivity index (χ1) is 11.6. The maximum atomic E-state index is 14.9. The van der Waals surface area contributed by atoms with Crippen molar-refractivity contribution >= 4 is 5.69 Å². The molecule has 1 aliphatic carbocycles. The second kappa shape index (κ2) is 4.81. The molecule has 0 bridgehead atoms. The van der Waals surface area contributed by atoms with Gasteiger partial charge in [-0.05, 0) is 57.7 Å². The highest BCUT2D eigenvalue weighted by atomic mass is 19.1. The van der Waals surface area contributed by atoms with Crippen molar-refractivity contribution in [1.29, 1.82) is 0 Å². The highest BCUT2D eigenvalue weighted by Crippen LogP contribution is 2.59. The van der Waals surface area contributed by atoms with Gasteiger partial charge in [0.05, 0.1) is 16.8 Å². The zero-order chi connectivity index (χ0) is 18.2. The highest BCUT2D eigenvalue weighted by molar-refractivity contribution is 5.72. The number of fused-ring (bicyclic) bond motifs is 3. The van der Waals surface area contributed by atoms with Gasteiger partial charge in [-0.1, -0.05) is 6.92 Å². The Morgan fingerprint density at radius 2 is 1.92 bits per heavy atom. The number of aryl methyl sites for hydroxylation is 2. The lowest BCUT2D eigenvalue weighted by atomic mass is 9.60. The molecule has 2 heterocycles. The number of nitrogens with zero attached hydrogens (tertiary/aromatic N) is 3. The van der Waals surface area contributed by atoms with E-state index in [1.165, 1.54) is 4.80 Å². The predicted molar refractivity (Wildman–Crippen MR) is 95.0 cm³/mol. The second-order valence-corrected chi connectivity index (χ2v) is 8.30. The number of aromatic nitrogens is 3. The standard InChI is InChI=1S/C19H25FN4O/c1-11-16(23-24(5)22-11)12-9-13-15(10-14(12)20)21-17(2,3)19(25)8-6-7-18(13,19)4/h9-10,21,25H,6-8H2,1-5H3. The van der Waals surface area contributed by atoms with Crippen LogP contribution in [0.15, 0.2) is 12.1 Å². The van der Waals surface area contributed by atoms with Crippen LogP contribution in [0.1, 0.15) is 51.3 Å². The Labute approximate surface area is 147 Å². The fraction of sp³-hybridized carbons (Fsp3) is 0.579. The minimum Gasteiger partial charge on any atom is -0.387 e. The minimum atomic E-state index is -0.875. The summed E-state index contributed by atoms with van der Waals surface area (Å²) in [6.07, 6.45) is 2.57. The van der Waals surface area contributed by atoms with Crippen LogP contribution >= 0.6 is 0 Å². The number of halogens is 1. The van der Waals surface area contributed by atoms with Gasteiger partial charge in [-0.25, -0.2) is 4.39 Å². The number of rotatable bonds is 1. The van der Waals surface area contributed by atoms with Crippen molar-refractivity contribution in [3.05, 3.63) is 29.2 Å². The van der Waals surface area contributed by atoms with E-state index in [2.05, 4.69) is 22.4 Å². The normalized spacial score (nSPS) is 29.9. The fourth-order valence-corrected chi connectivity index (χ4v) is 5.05. The van der Waals surface area contributed by atoms with E-state index in [9.17, 15) is 9.50 Å². The molecule has 1 aromatic carbocycles. The highest BCUT2D eigenvalue weighted by Gasteiger charge is 2.62. The lowest BCUT2D eigenvalue weighted by molar-refractivity contribution is -0.0628. The molecule has 4 rings (SSSR count). The number of nitrogens with one attached hydrogen (secondary N) is 1. The monoisotopic (exact) mass is 344 g/mol. The fourth-order valence-electron chi connectivity index (χ4n) is 5.05. The van der Waals surface area contributed by atoms with Crippen LogP contribution in [0.5, 0.6) is 0 Å². The second-order valence-electron chi connectivity index (χ2n) is 8.30. The quantitative estimate of drug-likeness (QED) is 0.833. The van der Waals surface area contributed by atoms with Gasteiger partial charge in [0.15, 0.2) is 0 Å². The Morgan fingerprint density at radius 3 is 2.56 bits per heavy atom. The van der Waals surface area contributed by atoms with E-state index in [4.69, 9.17) is 0 Å². The zero-order valence-corrected chi connectivity index (χ0v) is 15.4. The maximum absolute atomic E-state index is 14.9. The predicted octanol–water partition coefficient (Wildman–Crippen LogP) is 3.31. The van der Waals surface area contributed by atoms with Crippen molar-refractivity contribution in [2.24, 2.45) is 7.05 Å². The van der Waals surface area contributed by atoms with Gasteiger partial charge in [0, 0.05) is 23.7 Å². The molecular formula is C19H25FN4O. The average molecular weight is 344 g/mol. The molecule has 134 valence electrons. The largest absolute Gasteiger partial charge is 0.387 e. The molecule has 1 aliphatic heterocycles. The molecule has 0 saturated heterocycles. The first kappa shape index (κ1) is 16.5. The molecule has 2 N–H and O–H groups in total. The first-order valence-corrected chi connectivity index (χ1v) is 8.82. The number of aliphatic hydroxyl groups is 1. The Kier molecular flexibility index (Phi) is 3.18. The molecule has 2 unspecified atom stereocenters. The Bertz CT molecular complexity index is 875. The zero-order valence-electron chi connectivity index (χ0n) is 15.4. The van der Waals surface area contributed by atoms with Gasteiger partial charge in [0.2, 0.25) is 0 Å². The summed E-state index contributed by atoms with van der Waals surface area (Å²) in [6.45, 7) is 7.93. The van der Waals surface area contributed by atoms with Gasteiger partial charge in [0.1, 0.15) is 11.5 Å². The molecule has 0 spiro atoms. The van der Waals surface area contributed by atoms with Crippen LogP contribution < -0.4 is 5.32 Å². The smallest absolute Gasteiger partial charge is 0.134 e. The van der Waals surface area contributed by atoms with Gasteiger partial charge in [-0.15, -0.1) is 0 Å². The molecule has 6 heteroatoms. The average Bonchev–Trinajstić information content (AvgIpc) is 3.00. The van der Waals surface area contributed by atoms with E-state index in [0.717, 1.165) is 30.5 Å². The van der Waals surface area contributed by atoms with Crippen LogP contribution in [0, 0.1) is 12.7 Å². The molecule has 1 fully saturated rings. The van der Waals surface area contributed by atoms with Crippen molar-refractivity contribution in [3.8, 4) is 11.3 Å². The van der Waals surface area contributed by atoms with Crippen molar-refractivity contribution < 1.29 is 9.50 Å². The summed E-state index contributed by atoms with van der Waals surface area (Å²) in [5, 5.41) is 23.5. The van der Waals surface area contributed by atoms with E-state index in [0.29, 0.717) is 17.0 Å². The van der Waals surface area contributed by atoms with Gasteiger partial charge in [-0.3, -0.25) is 0 Å². The molecule has 2 aromatic rings. The summed E-state index contributed by atoms with van der Waals surface area (Å²) >= 11 is 0. The number of hydrogen-bond donors (Lipinski definition) is 2. The number of hydrogen-bond acceptors (Lipinski definition) is 4. The summed E-state index contributed by atoms with van der Waals surface area (Å²) in [5.41, 5.74) is 1.60. The van der Waals surface area contributed by atoms with E-state index < -0.39 is 16.6 Å². The molecule has 5 nitrogen and oxygen atoms in total. The van der Waals surface area contributed by atoms with Crippen molar-refractivity contribution in [1.82, 2.24) is 15.0 Å². The SMILES string of the molecule is Cc1nn(C)nc1-c1cc2c(cc1F)NC(C)(C)C1(O)CCCC21C. The molecule has 0 amide bonds. The molecule has 0 radical (unpaired) electrons. The Morgan fingerprint density at radius 1 is 1.20 bits per heavy atom. The Balaban J connectivity index is 1.97. The topological polar surface area (TPSA) is 63.0 Å². The summed E-state index contributed by atoms with van der Waals surface area (Å²) in [6, 6.07) is 3.41. The molecule has 1 saturated carbocycles. The van der Waals surface area contributed by atoms with E-state index in [1.807, 2.05) is 26.8 Å². The first-order valence-electron chi connectivity index (χ1n) is 8.82. The molecular weight excluding hydrogens is 319 g/mol. The lowest BCUT2D eigenvalue weighted by Crippen LogP contribution is -2.65. The van der Waals surface area contributed by atoms with E-state index in [1.54, 1.807) is 13.1 Å². The van der Waals surface area contributed by atoms with Crippen LogP contribution in [0.4, 0.5) is 10.1 Å². The molecule has 25 heavy (non-hydrogen) atoms. The van der Waals surface area contributed by atoms with Gasteiger partial charge >= 0.3 is 0 Å². The Hall–Kier alpha value is -1.95.